The van der Waals surface area contributed by atoms with Crippen LogP contribution in [0, 0.1) is 0 Å². The third-order valence-electron chi connectivity index (χ3n) is 1.87. The van der Waals surface area contributed by atoms with Crippen LogP contribution in [0.4, 0.5) is 0 Å². The molecule has 0 rings (SSSR count). The highest BCUT2D eigenvalue weighted by atomic mass is 16.4. The fraction of sp³-hybridized carbons (Fsp3) is 0.778. The SMILES string of the molecule is CC(O)CCNC(=O)C(N)CCC(=O)O. The zero-order valence-electron chi connectivity index (χ0n) is 8.77. The molecule has 0 heterocycles. The van der Waals surface area contributed by atoms with E-state index in [9.17, 15) is 9.59 Å². The highest BCUT2D eigenvalue weighted by Gasteiger charge is 2.14. The molecule has 0 radical (unpaired) electrons. The predicted molar refractivity (Wildman–Crippen MR) is 54.2 cm³/mol. The number of carboxylic acid groups (broad SMARTS) is 1. The van der Waals surface area contributed by atoms with Gasteiger partial charge in [0, 0.05) is 13.0 Å². The van der Waals surface area contributed by atoms with Gasteiger partial charge in [0.05, 0.1) is 12.1 Å². The molecule has 5 N–H and O–H groups in total. The average Bonchev–Trinajstić information content (AvgIpc) is 2.13. The lowest BCUT2D eigenvalue weighted by molar-refractivity contribution is -0.137. The number of aliphatic carboxylic acids is 1. The summed E-state index contributed by atoms with van der Waals surface area (Å²) in [5.41, 5.74) is 5.44. The summed E-state index contributed by atoms with van der Waals surface area (Å²) in [6.45, 7) is 1.97. The molecule has 6 nitrogen and oxygen atoms in total. The molecule has 0 saturated heterocycles. The van der Waals surface area contributed by atoms with Crippen molar-refractivity contribution in [2.75, 3.05) is 6.54 Å². The topological polar surface area (TPSA) is 113 Å². The van der Waals surface area contributed by atoms with Gasteiger partial charge in [0.25, 0.3) is 0 Å². The van der Waals surface area contributed by atoms with Gasteiger partial charge in [0.2, 0.25) is 5.91 Å². The van der Waals surface area contributed by atoms with Crippen LogP contribution in [0.2, 0.25) is 0 Å². The van der Waals surface area contributed by atoms with Crippen LogP contribution < -0.4 is 11.1 Å². The van der Waals surface area contributed by atoms with Gasteiger partial charge in [0.15, 0.2) is 0 Å². The molecule has 0 aliphatic carbocycles. The molecule has 15 heavy (non-hydrogen) atoms. The Bertz CT molecular complexity index is 218. The molecule has 0 aromatic rings. The van der Waals surface area contributed by atoms with Gasteiger partial charge >= 0.3 is 5.97 Å². The van der Waals surface area contributed by atoms with E-state index in [2.05, 4.69) is 5.32 Å². The zero-order chi connectivity index (χ0) is 11.8. The van der Waals surface area contributed by atoms with Gasteiger partial charge < -0.3 is 21.3 Å². The zero-order valence-corrected chi connectivity index (χ0v) is 8.77. The molecule has 0 fully saturated rings. The van der Waals surface area contributed by atoms with Crippen molar-refractivity contribution < 1.29 is 19.8 Å². The maximum Gasteiger partial charge on any atom is 0.303 e. The minimum atomic E-state index is -0.970. The monoisotopic (exact) mass is 218 g/mol. The Morgan fingerprint density at radius 3 is 2.47 bits per heavy atom. The van der Waals surface area contributed by atoms with Crippen LogP contribution in [0.5, 0.6) is 0 Å². The van der Waals surface area contributed by atoms with Crippen LogP contribution in [-0.4, -0.2) is 40.8 Å². The normalized spacial score (nSPS) is 14.3. The molecular formula is C9H18N2O4. The van der Waals surface area contributed by atoms with Crippen LogP contribution in [0.1, 0.15) is 26.2 Å². The van der Waals surface area contributed by atoms with E-state index in [1.807, 2.05) is 0 Å². The molecule has 1 amide bonds. The minimum Gasteiger partial charge on any atom is -0.481 e. The first-order valence-electron chi connectivity index (χ1n) is 4.86. The van der Waals surface area contributed by atoms with E-state index in [4.69, 9.17) is 15.9 Å². The Hall–Kier alpha value is -1.14. The van der Waals surface area contributed by atoms with Crippen molar-refractivity contribution in [1.82, 2.24) is 5.32 Å². The number of nitrogens with two attached hydrogens (primary N) is 1. The number of rotatable bonds is 7. The maximum absolute atomic E-state index is 11.2. The summed E-state index contributed by atoms with van der Waals surface area (Å²) >= 11 is 0. The highest BCUT2D eigenvalue weighted by molar-refractivity contribution is 5.82. The van der Waals surface area contributed by atoms with Gasteiger partial charge in [-0.05, 0) is 19.8 Å². The van der Waals surface area contributed by atoms with Crippen LogP contribution >= 0.6 is 0 Å². The summed E-state index contributed by atoms with van der Waals surface area (Å²) in [5.74, 6) is -1.35. The van der Waals surface area contributed by atoms with Crippen LogP contribution in [0.3, 0.4) is 0 Å². The van der Waals surface area contributed by atoms with E-state index in [0.29, 0.717) is 13.0 Å². The number of amides is 1. The fourth-order valence-corrected chi connectivity index (χ4v) is 0.945. The quantitative estimate of drug-likeness (QED) is 0.441. The molecule has 0 bridgehead atoms. The number of nitrogens with one attached hydrogen (secondary N) is 1. The third kappa shape index (κ3) is 7.90. The smallest absolute Gasteiger partial charge is 0.303 e. The largest absolute Gasteiger partial charge is 0.481 e. The molecule has 0 aliphatic heterocycles. The second-order valence-electron chi connectivity index (χ2n) is 3.47. The Morgan fingerprint density at radius 2 is 2.00 bits per heavy atom. The van der Waals surface area contributed by atoms with Gasteiger partial charge in [-0.2, -0.15) is 0 Å². The first-order chi connectivity index (χ1) is 6.93. The number of aliphatic hydroxyl groups is 1. The number of hydrogen-bond donors (Lipinski definition) is 4. The van der Waals surface area contributed by atoms with Gasteiger partial charge in [-0.25, -0.2) is 0 Å². The lowest BCUT2D eigenvalue weighted by Crippen LogP contribution is -2.41. The molecule has 0 aliphatic rings. The Morgan fingerprint density at radius 1 is 1.40 bits per heavy atom. The van der Waals surface area contributed by atoms with E-state index in [1.54, 1.807) is 6.92 Å². The summed E-state index contributed by atoms with van der Waals surface area (Å²) in [4.78, 5) is 21.4. The molecule has 0 aromatic carbocycles. The predicted octanol–water partition coefficient (Wildman–Crippen LogP) is -0.934. The second-order valence-corrected chi connectivity index (χ2v) is 3.47. The molecule has 2 atom stereocenters. The first kappa shape index (κ1) is 13.9. The lowest BCUT2D eigenvalue weighted by Gasteiger charge is -2.11. The standard InChI is InChI=1S/C9H18N2O4/c1-6(12)4-5-11-9(15)7(10)2-3-8(13)14/h6-7,12H,2-5,10H2,1H3,(H,11,15)(H,13,14). The van der Waals surface area contributed by atoms with Crippen molar-refractivity contribution in [3.8, 4) is 0 Å². The Balaban J connectivity index is 3.64. The van der Waals surface area contributed by atoms with Crippen LogP contribution in [0.15, 0.2) is 0 Å². The van der Waals surface area contributed by atoms with Crippen molar-refractivity contribution >= 4 is 11.9 Å². The van der Waals surface area contributed by atoms with E-state index >= 15 is 0 Å². The Labute approximate surface area is 88.5 Å². The fourth-order valence-electron chi connectivity index (χ4n) is 0.945. The molecule has 88 valence electrons. The highest BCUT2D eigenvalue weighted by Crippen LogP contribution is 1.95. The average molecular weight is 218 g/mol. The molecule has 0 spiro atoms. The number of carbonyl (C=O) groups is 2. The number of carbonyl (C=O) groups excluding carboxylic acids is 1. The van der Waals surface area contributed by atoms with E-state index < -0.39 is 18.1 Å². The van der Waals surface area contributed by atoms with Crippen molar-refractivity contribution in [2.45, 2.75) is 38.3 Å². The van der Waals surface area contributed by atoms with Gasteiger partial charge in [-0.15, -0.1) is 0 Å². The van der Waals surface area contributed by atoms with Gasteiger partial charge in [-0.3, -0.25) is 9.59 Å². The summed E-state index contributed by atoms with van der Waals surface area (Å²) in [5, 5.41) is 19.8. The maximum atomic E-state index is 11.2. The number of hydrogen-bond acceptors (Lipinski definition) is 4. The third-order valence-corrected chi connectivity index (χ3v) is 1.87. The summed E-state index contributed by atoms with van der Waals surface area (Å²) in [6, 6.07) is -0.796. The van der Waals surface area contributed by atoms with Crippen molar-refractivity contribution in [3.63, 3.8) is 0 Å². The van der Waals surface area contributed by atoms with Crippen LogP contribution in [0.25, 0.3) is 0 Å². The summed E-state index contributed by atoms with van der Waals surface area (Å²) < 4.78 is 0. The van der Waals surface area contributed by atoms with Crippen molar-refractivity contribution in [2.24, 2.45) is 5.73 Å². The summed E-state index contributed by atoms with van der Waals surface area (Å²) in [6.07, 6.45) is -0.0151. The first-order valence-corrected chi connectivity index (χ1v) is 4.86. The van der Waals surface area contributed by atoms with E-state index in [1.165, 1.54) is 0 Å². The van der Waals surface area contributed by atoms with Crippen LogP contribution in [-0.2, 0) is 9.59 Å². The number of carboxylic acids is 1. The van der Waals surface area contributed by atoms with E-state index in [-0.39, 0.29) is 18.7 Å². The number of aliphatic hydroxyl groups excluding tert-OH is 1. The molecule has 6 heteroatoms. The molecule has 0 aromatic heterocycles. The Kier molecular flexibility index (Phi) is 6.64. The van der Waals surface area contributed by atoms with Gasteiger partial charge in [0.1, 0.15) is 0 Å². The molecule has 0 saturated carbocycles. The summed E-state index contributed by atoms with van der Waals surface area (Å²) in [7, 11) is 0. The van der Waals surface area contributed by atoms with E-state index in [0.717, 1.165) is 0 Å². The lowest BCUT2D eigenvalue weighted by atomic mass is 10.1. The van der Waals surface area contributed by atoms with Gasteiger partial charge in [-0.1, -0.05) is 0 Å². The molecular weight excluding hydrogens is 200 g/mol. The van der Waals surface area contributed by atoms with Crippen molar-refractivity contribution in [3.05, 3.63) is 0 Å². The minimum absolute atomic E-state index is 0.120. The second kappa shape index (κ2) is 7.19. The molecule has 2 unspecified atom stereocenters. The van der Waals surface area contributed by atoms with Crippen molar-refractivity contribution in [1.29, 1.82) is 0 Å².